The zero-order valence-electron chi connectivity index (χ0n) is 8.80. The lowest BCUT2D eigenvalue weighted by Crippen LogP contribution is -2.48. The van der Waals surface area contributed by atoms with Crippen molar-refractivity contribution in [3.05, 3.63) is 12.3 Å². The van der Waals surface area contributed by atoms with Crippen molar-refractivity contribution in [2.24, 2.45) is 0 Å². The summed E-state index contributed by atoms with van der Waals surface area (Å²) >= 11 is 0. The second-order valence-electron chi connectivity index (χ2n) is 4.08. The fraction of sp³-hybridized carbons (Fsp3) is 0.667. The Bertz CT molecular complexity index is 411. The number of aromatic nitrogens is 2. The normalized spacial score (nSPS) is 25.3. The van der Waals surface area contributed by atoms with Gasteiger partial charge in [0, 0.05) is 12.1 Å². The Kier molecular flexibility index (Phi) is 2.55. The monoisotopic (exact) mass is 255 g/mol. The van der Waals surface area contributed by atoms with Crippen LogP contribution in [0.5, 0.6) is 0 Å². The minimum absolute atomic E-state index is 0.178. The molecule has 2 rings (SSSR count). The smallest absolute Gasteiger partial charge is 0.368 e. The van der Waals surface area contributed by atoms with Crippen molar-refractivity contribution in [1.82, 2.24) is 9.78 Å². The Morgan fingerprint density at radius 1 is 1.35 bits per heavy atom. The number of nitrogens with one attached hydrogen (secondary N) is 1. The van der Waals surface area contributed by atoms with E-state index in [2.05, 4.69) is 10.4 Å². The number of fused-ring (bicyclic) bond motifs is 1. The van der Waals surface area contributed by atoms with Crippen LogP contribution in [0.15, 0.2) is 12.3 Å². The van der Waals surface area contributed by atoms with E-state index in [9.17, 15) is 22.0 Å². The Morgan fingerprint density at radius 3 is 2.59 bits per heavy atom. The van der Waals surface area contributed by atoms with E-state index < -0.39 is 24.2 Å². The first-order valence-electron chi connectivity index (χ1n) is 4.98. The molecule has 2 heterocycles. The van der Waals surface area contributed by atoms with Gasteiger partial charge >= 0.3 is 12.1 Å². The molecular weight excluding hydrogens is 245 g/mol. The van der Waals surface area contributed by atoms with Gasteiger partial charge in [0.15, 0.2) is 0 Å². The SMILES string of the molecule is CC1CC(C(F)(F)C(F)(F)F)n2nccc2N1. The fourth-order valence-corrected chi connectivity index (χ4v) is 1.91. The van der Waals surface area contributed by atoms with Crippen molar-refractivity contribution < 1.29 is 22.0 Å². The molecule has 1 N–H and O–H groups in total. The molecule has 0 aromatic carbocycles. The van der Waals surface area contributed by atoms with Crippen molar-refractivity contribution >= 4 is 5.82 Å². The van der Waals surface area contributed by atoms with E-state index in [4.69, 9.17) is 0 Å². The molecule has 1 aliphatic rings. The first-order chi connectivity index (χ1) is 7.73. The average molecular weight is 255 g/mol. The fourth-order valence-electron chi connectivity index (χ4n) is 1.91. The summed E-state index contributed by atoms with van der Waals surface area (Å²) < 4.78 is 64.4. The molecule has 1 aliphatic heterocycles. The molecule has 2 unspecified atom stereocenters. The number of hydrogen-bond acceptors (Lipinski definition) is 2. The summed E-state index contributed by atoms with van der Waals surface area (Å²) in [6, 6.07) is -1.09. The highest BCUT2D eigenvalue weighted by molar-refractivity contribution is 5.38. The van der Waals surface area contributed by atoms with Gasteiger partial charge in [-0.3, -0.25) is 0 Å². The molecule has 0 saturated heterocycles. The van der Waals surface area contributed by atoms with Gasteiger partial charge in [0.25, 0.3) is 0 Å². The van der Waals surface area contributed by atoms with E-state index in [0.717, 1.165) is 0 Å². The molecule has 1 aromatic rings. The second kappa shape index (κ2) is 3.58. The number of rotatable bonds is 1. The molecule has 0 bridgehead atoms. The van der Waals surface area contributed by atoms with Gasteiger partial charge in [-0.2, -0.15) is 27.1 Å². The maximum Gasteiger partial charge on any atom is 0.455 e. The third kappa shape index (κ3) is 1.85. The maximum absolute atomic E-state index is 13.3. The average Bonchev–Trinajstić information content (AvgIpc) is 2.61. The van der Waals surface area contributed by atoms with Gasteiger partial charge in [0.05, 0.1) is 6.20 Å². The standard InChI is InChI=1S/C9H10F5N3/c1-5-4-6(8(10,11)9(12,13)14)17-7(16-5)2-3-15-17/h2-3,5-6,16H,4H2,1H3. The van der Waals surface area contributed by atoms with E-state index in [1.807, 2.05) is 0 Å². The Labute approximate surface area is 93.6 Å². The van der Waals surface area contributed by atoms with Gasteiger partial charge < -0.3 is 5.32 Å². The lowest BCUT2D eigenvalue weighted by molar-refractivity contribution is -0.301. The predicted molar refractivity (Wildman–Crippen MR) is 50.0 cm³/mol. The highest BCUT2D eigenvalue weighted by Crippen LogP contribution is 2.47. The zero-order chi connectivity index (χ0) is 12.8. The molecule has 0 radical (unpaired) electrons. The molecule has 0 saturated carbocycles. The van der Waals surface area contributed by atoms with Crippen molar-refractivity contribution in [2.75, 3.05) is 5.32 Å². The molecule has 17 heavy (non-hydrogen) atoms. The van der Waals surface area contributed by atoms with Crippen LogP contribution in [0.4, 0.5) is 27.8 Å². The molecular formula is C9H10F5N3. The van der Waals surface area contributed by atoms with Crippen LogP contribution in [-0.4, -0.2) is 27.9 Å². The van der Waals surface area contributed by atoms with Gasteiger partial charge in [-0.05, 0) is 13.3 Å². The van der Waals surface area contributed by atoms with E-state index in [1.54, 1.807) is 6.92 Å². The molecule has 0 spiro atoms. The van der Waals surface area contributed by atoms with Gasteiger partial charge in [0.2, 0.25) is 0 Å². The van der Waals surface area contributed by atoms with Crippen LogP contribution < -0.4 is 5.32 Å². The van der Waals surface area contributed by atoms with Crippen LogP contribution in [0.1, 0.15) is 19.4 Å². The van der Waals surface area contributed by atoms with E-state index in [0.29, 0.717) is 4.68 Å². The lowest BCUT2D eigenvalue weighted by Gasteiger charge is -2.35. The van der Waals surface area contributed by atoms with E-state index in [-0.39, 0.29) is 12.2 Å². The minimum atomic E-state index is -5.57. The lowest BCUT2D eigenvalue weighted by atomic mass is 9.99. The molecule has 3 nitrogen and oxygen atoms in total. The summed E-state index contributed by atoms with van der Waals surface area (Å²) in [5.74, 6) is -4.61. The van der Waals surface area contributed by atoms with Gasteiger partial charge in [0.1, 0.15) is 11.9 Å². The van der Waals surface area contributed by atoms with E-state index in [1.165, 1.54) is 12.3 Å². The molecule has 8 heteroatoms. The first-order valence-corrected chi connectivity index (χ1v) is 4.98. The molecule has 0 amide bonds. The minimum Gasteiger partial charge on any atom is -0.368 e. The Balaban J connectivity index is 2.41. The van der Waals surface area contributed by atoms with Gasteiger partial charge in [-0.15, -0.1) is 0 Å². The largest absolute Gasteiger partial charge is 0.455 e. The van der Waals surface area contributed by atoms with Crippen LogP contribution in [0.2, 0.25) is 0 Å². The quantitative estimate of drug-likeness (QED) is 0.782. The third-order valence-electron chi connectivity index (χ3n) is 2.73. The van der Waals surface area contributed by atoms with E-state index >= 15 is 0 Å². The zero-order valence-corrected chi connectivity index (χ0v) is 8.80. The summed E-state index contributed by atoms with van der Waals surface area (Å²) in [6.07, 6.45) is -4.71. The molecule has 1 aromatic heterocycles. The second-order valence-corrected chi connectivity index (χ2v) is 4.08. The van der Waals surface area contributed by atoms with Crippen LogP contribution in [-0.2, 0) is 0 Å². The van der Waals surface area contributed by atoms with Crippen LogP contribution in [0.3, 0.4) is 0 Å². The number of halogens is 5. The topological polar surface area (TPSA) is 29.9 Å². The summed E-state index contributed by atoms with van der Waals surface area (Å²) in [5, 5.41) is 6.32. The Morgan fingerprint density at radius 2 is 2.00 bits per heavy atom. The summed E-state index contributed by atoms with van der Waals surface area (Å²) in [6.45, 7) is 1.55. The van der Waals surface area contributed by atoms with Crippen molar-refractivity contribution in [1.29, 1.82) is 0 Å². The Hall–Kier alpha value is -1.34. The third-order valence-corrected chi connectivity index (χ3v) is 2.73. The molecule has 0 fully saturated rings. The molecule has 2 atom stereocenters. The predicted octanol–water partition coefficient (Wildman–Crippen LogP) is 2.83. The first kappa shape index (κ1) is 12.1. The van der Waals surface area contributed by atoms with Crippen LogP contribution in [0, 0.1) is 0 Å². The number of anilines is 1. The summed E-state index contributed by atoms with van der Waals surface area (Å²) in [5.41, 5.74) is 0. The number of alkyl halides is 5. The van der Waals surface area contributed by atoms with Crippen LogP contribution >= 0.6 is 0 Å². The molecule has 0 aliphatic carbocycles. The van der Waals surface area contributed by atoms with Crippen molar-refractivity contribution in [2.45, 2.75) is 37.5 Å². The summed E-state index contributed by atoms with van der Waals surface area (Å²) in [7, 11) is 0. The van der Waals surface area contributed by atoms with Gasteiger partial charge in [-0.1, -0.05) is 0 Å². The summed E-state index contributed by atoms with van der Waals surface area (Å²) in [4.78, 5) is 0. The number of hydrogen-bond donors (Lipinski definition) is 1. The number of nitrogens with zero attached hydrogens (tertiary/aromatic N) is 2. The van der Waals surface area contributed by atoms with Crippen molar-refractivity contribution in [3.8, 4) is 0 Å². The van der Waals surface area contributed by atoms with Crippen LogP contribution in [0.25, 0.3) is 0 Å². The highest BCUT2D eigenvalue weighted by atomic mass is 19.4. The molecule has 96 valence electrons. The highest BCUT2D eigenvalue weighted by Gasteiger charge is 2.64. The van der Waals surface area contributed by atoms with Crippen molar-refractivity contribution in [3.63, 3.8) is 0 Å². The maximum atomic E-state index is 13.3. The van der Waals surface area contributed by atoms with Gasteiger partial charge in [-0.25, -0.2) is 4.68 Å².